The molecule has 7 nitrogen and oxygen atoms in total. The second-order valence-corrected chi connectivity index (χ2v) is 6.61. The molecule has 0 amide bonds. The summed E-state index contributed by atoms with van der Waals surface area (Å²) in [6.07, 6.45) is 6.88. The molecule has 20 heavy (non-hydrogen) atoms. The molecule has 1 saturated carbocycles. The quantitative estimate of drug-likeness (QED) is 0.743. The Morgan fingerprint density at radius 3 is 2.90 bits per heavy atom. The summed E-state index contributed by atoms with van der Waals surface area (Å²) in [7, 11) is -1.72. The van der Waals surface area contributed by atoms with Crippen molar-refractivity contribution in [3.8, 4) is 0 Å². The SMILES string of the molecule is CNCc1cc(S(=O)(=O)Nc2cn[nH]c2)cn1C1CC1. The number of hydrogen-bond donors (Lipinski definition) is 3. The molecule has 1 fully saturated rings. The first-order valence-corrected chi connectivity index (χ1v) is 7.95. The average Bonchev–Trinajstić information content (AvgIpc) is 2.94. The van der Waals surface area contributed by atoms with Gasteiger partial charge in [0.2, 0.25) is 0 Å². The molecule has 3 N–H and O–H groups in total. The Hall–Kier alpha value is -1.80. The van der Waals surface area contributed by atoms with Crippen LogP contribution in [0.1, 0.15) is 24.6 Å². The van der Waals surface area contributed by atoms with Crippen LogP contribution in [0, 0.1) is 0 Å². The number of nitrogens with zero attached hydrogens (tertiary/aromatic N) is 2. The maximum absolute atomic E-state index is 12.3. The van der Waals surface area contributed by atoms with E-state index in [1.807, 2.05) is 7.05 Å². The highest BCUT2D eigenvalue weighted by atomic mass is 32.2. The zero-order valence-electron chi connectivity index (χ0n) is 11.1. The van der Waals surface area contributed by atoms with Gasteiger partial charge in [-0.15, -0.1) is 0 Å². The molecule has 0 unspecified atom stereocenters. The van der Waals surface area contributed by atoms with Gasteiger partial charge in [-0.1, -0.05) is 0 Å². The highest BCUT2D eigenvalue weighted by Crippen LogP contribution is 2.37. The Morgan fingerprint density at radius 1 is 1.50 bits per heavy atom. The van der Waals surface area contributed by atoms with Crippen LogP contribution >= 0.6 is 0 Å². The lowest BCUT2D eigenvalue weighted by molar-refractivity contribution is 0.600. The van der Waals surface area contributed by atoms with E-state index in [1.165, 1.54) is 12.4 Å². The predicted octanol–water partition coefficient (Wildman–Crippen LogP) is 1.07. The number of nitrogens with one attached hydrogen (secondary N) is 3. The highest BCUT2D eigenvalue weighted by Gasteiger charge is 2.28. The van der Waals surface area contributed by atoms with Gasteiger partial charge in [0.1, 0.15) is 4.90 Å². The third kappa shape index (κ3) is 2.56. The number of H-pyrrole nitrogens is 1. The molecule has 1 aliphatic carbocycles. The van der Waals surface area contributed by atoms with Gasteiger partial charge in [-0.05, 0) is 26.0 Å². The Balaban J connectivity index is 1.90. The lowest BCUT2D eigenvalue weighted by Gasteiger charge is -2.05. The second kappa shape index (κ2) is 4.95. The zero-order chi connectivity index (χ0) is 14.2. The standard InChI is InChI=1S/C12H17N5O2S/c1-13-7-11-4-12(8-17(11)10-2-3-10)20(18,19)16-9-5-14-15-6-9/h4-6,8,10,13,16H,2-3,7H2,1H3,(H,14,15). The van der Waals surface area contributed by atoms with Crippen LogP contribution in [0.4, 0.5) is 5.69 Å². The Morgan fingerprint density at radius 2 is 2.30 bits per heavy atom. The lowest BCUT2D eigenvalue weighted by atomic mass is 10.4. The van der Waals surface area contributed by atoms with E-state index in [9.17, 15) is 8.42 Å². The molecule has 3 rings (SSSR count). The summed E-state index contributed by atoms with van der Waals surface area (Å²) >= 11 is 0. The van der Waals surface area contributed by atoms with E-state index in [0.29, 0.717) is 18.3 Å². The predicted molar refractivity (Wildman–Crippen MR) is 74.9 cm³/mol. The first kappa shape index (κ1) is 13.2. The van der Waals surface area contributed by atoms with E-state index in [0.717, 1.165) is 18.5 Å². The molecule has 8 heteroatoms. The van der Waals surface area contributed by atoms with Gasteiger partial charge in [-0.3, -0.25) is 9.82 Å². The topological polar surface area (TPSA) is 91.8 Å². The van der Waals surface area contributed by atoms with Gasteiger partial charge in [0, 0.05) is 30.7 Å². The summed E-state index contributed by atoms with van der Waals surface area (Å²) in [4.78, 5) is 0.288. The van der Waals surface area contributed by atoms with Crippen LogP contribution in [0.15, 0.2) is 29.6 Å². The van der Waals surface area contributed by atoms with E-state index in [4.69, 9.17) is 0 Å². The number of sulfonamides is 1. The molecular formula is C12H17N5O2S. The second-order valence-electron chi connectivity index (χ2n) is 4.93. The number of anilines is 1. The van der Waals surface area contributed by atoms with Crippen LogP contribution < -0.4 is 10.0 Å². The smallest absolute Gasteiger partial charge is 0.263 e. The van der Waals surface area contributed by atoms with Crippen LogP contribution in [0.2, 0.25) is 0 Å². The van der Waals surface area contributed by atoms with Crippen LogP contribution in [-0.4, -0.2) is 30.2 Å². The van der Waals surface area contributed by atoms with E-state index in [-0.39, 0.29) is 4.90 Å². The number of rotatable bonds is 6. The molecule has 0 saturated heterocycles. The largest absolute Gasteiger partial charge is 0.346 e. The van der Waals surface area contributed by atoms with Gasteiger partial charge in [0.15, 0.2) is 0 Å². The van der Waals surface area contributed by atoms with Crippen molar-refractivity contribution in [3.05, 3.63) is 30.4 Å². The van der Waals surface area contributed by atoms with Crippen LogP contribution in [0.3, 0.4) is 0 Å². The first-order valence-electron chi connectivity index (χ1n) is 6.47. The Labute approximate surface area is 117 Å². The molecule has 0 radical (unpaired) electrons. The fraction of sp³-hybridized carbons (Fsp3) is 0.417. The fourth-order valence-electron chi connectivity index (χ4n) is 2.18. The van der Waals surface area contributed by atoms with Gasteiger partial charge in [0.25, 0.3) is 10.0 Å². The van der Waals surface area contributed by atoms with E-state index >= 15 is 0 Å². The molecule has 0 atom stereocenters. The van der Waals surface area contributed by atoms with Crippen LogP contribution in [0.25, 0.3) is 0 Å². The van der Waals surface area contributed by atoms with Crippen molar-refractivity contribution < 1.29 is 8.42 Å². The van der Waals surface area contributed by atoms with Crippen molar-refractivity contribution in [2.75, 3.05) is 11.8 Å². The lowest BCUT2D eigenvalue weighted by Crippen LogP contribution is -2.11. The summed E-state index contributed by atoms with van der Waals surface area (Å²) in [5, 5.41) is 9.37. The molecule has 2 aromatic rings. The molecule has 0 aliphatic heterocycles. The minimum Gasteiger partial charge on any atom is -0.346 e. The van der Waals surface area contributed by atoms with Crippen LogP contribution in [-0.2, 0) is 16.6 Å². The van der Waals surface area contributed by atoms with Gasteiger partial charge in [-0.2, -0.15) is 5.10 Å². The van der Waals surface area contributed by atoms with Crippen molar-refractivity contribution >= 4 is 15.7 Å². The van der Waals surface area contributed by atoms with Gasteiger partial charge < -0.3 is 9.88 Å². The molecule has 2 aromatic heterocycles. The van der Waals surface area contributed by atoms with Crippen LogP contribution in [0.5, 0.6) is 0 Å². The summed E-state index contributed by atoms with van der Waals surface area (Å²) in [5.74, 6) is 0. The van der Waals surface area contributed by atoms with E-state index in [2.05, 4.69) is 24.8 Å². The Bertz CT molecular complexity index is 686. The maximum atomic E-state index is 12.3. The molecule has 2 heterocycles. The number of aromatic nitrogens is 3. The summed E-state index contributed by atoms with van der Waals surface area (Å²) in [5.41, 5.74) is 1.42. The third-order valence-corrected chi connectivity index (χ3v) is 4.61. The minimum atomic E-state index is -3.57. The molecule has 0 bridgehead atoms. The van der Waals surface area contributed by atoms with Gasteiger partial charge in [0.05, 0.1) is 11.9 Å². The Kier molecular flexibility index (Phi) is 3.27. The molecule has 0 spiro atoms. The first-order chi connectivity index (χ1) is 9.60. The average molecular weight is 295 g/mol. The molecule has 0 aromatic carbocycles. The number of aromatic amines is 1. The van der Waals surface area contributed by atoms with Crippen molar-refractivity contribution in [2.45, 2.75) is 30.3 Å². The van der Waals surface area contributed by atoms with Crippen molar-refractivity contribution in [1.29, 1.82) is 0 Å². The van der Waals surface area contributed by atoms with Gasteiger partial charge >= 0.3 is 0 Å². The summed E-state index contributed by atoms with van der Waals surface area (Å²) in [6.45, 7) is 0.651. The zero-order valence-corrected chi connectivity index (χ0v) is 11.9. The number of hydrogen-bond acceptors (Lipinski definition) is 4. The monoisotopic (exact) mass is 295 g/mol. The van der Waals surface area contributed by atoms with Crippen molar-refractivity contribution in [3.63, 3.8) is 0 Å². The highest BCUT2D eigenvalue weighted by molar-refractivity contribution is 7.92. The molecular weight excluding hydrogens is 278 g/mol. The fourth-order valence-corrected chi connectivity index (χ4v) is 3.26. The minimum absolute atomic E-state index is 0.288. The summed E-state index contributed by atoms with van der Waals surface area (Å²) < 4.78 is 29.2. The molecule has 108 valence electrons. The van der Waals surface area contributed by atoms with Gasteiger partial charge in [-0.25, -0.2) is 8.42 Å². The maximum Gasteiger partial charge on any atom is 0.263 e. The molecule has 1 aliphatic rings. The normalized spacial score (nSPS) is 15.4. The third-order valence-electron chi connectivity index (χ3n) is 3.27. The summed E-state index contributed by atoms with van der Waals surface area (Å²) in [6, 6.07) is 2.16. The van der Waals surface area contributed by atoms with Crippen molar-refractivity contribution in [2.24, 2.45) is 0 Å². The van der Waals surface area contributed by atoms with E-state index < -0.39 is 10.0 Å². The van der Waals surface area contributed by atoms with E-state index in [1.54, 1.807) is 12.3 Å². The van der Waals surface area contributed by atoms with Crippen molar-refractivity contribution in [1.82, 2.24) is 20.1 Å².